The van der Waals surface area contributed by atoms with Crippen molar-refractivity contribution in [1.82, 2.24) is 25.1 Å². The third-order valence-corrected chi connectivity index (χ3v) is 4.65. The summed E-state index contributed by atoms with van der Waals surface area (Å²) in [7, 11) is 3.82. The van der Waals surface area contributed by atoms with Gasteiger partial charge in [-0.05, 0) is 25.1 Å². The van der Waals surface area contributed by atoms with E-state index in [1.807, 2.05) is 36.9 Å². The van der Waals surface area contributed by atoms with Crippen LogP contribution in [0.1, 0.15) is 48.5 Å². The molecule has 0 saturated carbocycles. The number of hydrogen-bond donors (Lipinski definition) is 2. The molecule has 1 atom stereocenters. The first-order valence-electron chi connectivity index (χ1n) is 8.76. The molecule has 0 saturated heterocycles. The van der Waals surface area contributed by atoms with E-state index in [2.05, 4.69) is 28.5 Å². The van der Waals surface area contributed by atoms with Gasteiger partial charge in [-0.3, -0.25) is 0 Å². The zero-order valence-corrected chi connectivity index (χ0v) is 15.3. The number of nitrogens with one attached hydrogen (secondary N) is 1. The summed E-state index contributed by atoms with van der Waals surface area (Å²) in [4.78, 5) is 4.71. The van der Waals surface area contributed by atoms with Gasteiger partial charge in [0, 0.05) is 13.5 Å². The molecule has 0 bridgehead atoms. The topological polar surface area (TPSA) is 105 Å². The maximum absolute atomic E-state index is 9.47. The van der Waals surface area contributed by atoms with E-state index < -0.39 is 0 Å². The summed E-state index contributed by atoms with van der Waals surface area (Å²) in [6.07, 6.45) is 3.02. The number of imidazole rings is 1. The molecule has 2 heterocycles. The Kier molecular flexibility index (Phi) is 5.14. The van der Waals surface area contributed by atoms with Crippen molar-refractivity contribution in [3.8, 4) is 6.07 Å². The number of nitriles is 1. The fourth-order valence-corrected chi connectivity index (χ4v) is 3.26. The van der Waals surface area contributed by atoms with E-state index in [0.29, 0.717) is 16.9 Å². The Labute approximate surface area is 152 Å². The molecular weight excluding hydrogens is 326 g/mol. The SMILES string of the molecule is CCCCc1nc2c(N)nnc(C(NC)c3ccccc3C#N)c2n1C. The Hall–Kier alpha value is -2.98. The fraction of sp³-hybridized carbons (Fsp3) is 0.368. The average Bonchev–Trinajstić information content (AvgIpc) is 3.00. The second kappa shape index (κ2) is 7.50. The predicted octanol–water partition coefficient (Wildman–Crippen LogP) is 2.47. The maximum Gasteiger partial charge on any atom is 0.174 e. The van der Waals surface area contributed by atoms with Gasteiger partial charge in [-0.15, -0.1) is 10.2 Å². The van der Waals surface area contributed by atoms with E-state index in [4.69, 9.17) is 10.7 Å². The van der Waals surface area contributed by atoms with Gasteiger partial charge in [-0.2, -0.15) is 5.26 Å². The zero-order valence-electron chi connectivity index (χ0n) is 15.3. The third-order valence-electron chi connectivity index (χ3n) is 4.65. The normalized spacial score (nSPS) is 12.2. The number of anilines is 1. The van der Waals surface area contributed by atoms with Gasteiger partial charge < -0.3 is 15.6 Å². The quantitative estimate of drug-likeness (QED) is 0.708. The van der Waals surface area contributed by atoms with Crippen molar-refractivity contribution in [3.63, 3.8) is 0 Å². The van der Waals surface area contributed by atoms with E-state index in [1.165, 1.54) is 0 Å². The van der Waals surface area contributed by atoms with Gasteiger partial charge in [-0.25, -0.2) is 4.98 Å². The van der Waals surface area contributed by atoms with Crippen LogP contribution >= 0.6 is 0 Å². The molecule has 3 rings (SSSR count). The summed E-state index contributed by atoms with van der Waals surface area (Å²) in [5.41, 5.74) is 9.75. The fourth-order valence-electron chi connectivity index (χ4n) is 3.26. The maximum atomic E-state index is 9.47. The van der Waals surface area contributed by atoms with Crippen molar-refractivity contribution >= 4 is 16.9 Å². The molecule has 0 fully saturated rings. The van der Waals surface area contributed by atoms with Gasteiger partial charge in [0.05, 0.1) is 23.2 Å². The van der Waals surface area contributed by atoms with Crippen molar-refractivity contribution in [2.75, 3.05) is 12.8 Å². The highest BCUT2D eigenvalue weighted by Crippen LogP contribution is 2.30. The van der Waals surface area contributed by atoms with Crippen LogP contribution in [0.15, 0.2) is 24.3 Å². The number of benzene rings is 1. The number of nitrogens with zero attached hydrogens (tertiary/aromatic N) is 5. The largest absolute Gasteiger partial charge is 0.380 e. The highest BCUT2D eigenvalue weighted by atomic mass is 15.2. The molecule has 7 nitrogen and oxygen atoms in total. The second-order valence-corrected chi connectivity index (χ2v) is 6.28. The van der Waals surface area contributed by atoms with Crippen LogP contribution in [-0.4, -0.2) is 26.8 Å². The Balaban J connectivity index is 2.22. The summed E-state index contributed by atoms with van der Waals surface area (Å²) in [6.45, 7) is 2.15. The van der Waals surface area contributed by atoms with Crippen molar-refractivity contribution in [3.05, 3.63) is 46.9 Å². The smallest absolute Gasteiger partial charge is 0.174 e. The van der Waals surface area contributed by atoms with Crippen molar-refractivity contribution in [2.24, 2.45) is 7.05 Å². The lowest BCUT2D eigenvalue weighted by Gasteiger charge is -2.18. The Bertz CT molecular complexity index is 968. The molecule has 0 aliphatic rings. The van der Waals surface area contributed by atoms with Gasteiger partial charge >= 0.3 is 0 Å². The van der Waals surface area contributed by atoms with Gasteiger partial charge in [0.1, 0.15) is 17.0 Å². The van der Waals surface area contributed by atoms with Crippen molar-refractivity contribution in [1.29, 1.82) is 5.26 Å². The second-order valence-electron chi connectivity index (χ2n) is 6.28. The van der Waals surface area contributed by atoms with Crippen LogP contribution in [-0.2, 0) is 13.5 Å². The number of hydrogen-bond acceptors (Lipinski definition) is 6. The highest BCUT2D eigenvalue weighted by Gasteiger charge is 2.24. The van der Waals surface area contributed by atoms with Crippen LogP contribution in [0.3, 0.4) is 0 Å². The number of aryl methyl sites for hydroxylation is 2. The molecule has 0 amide bonds. The number of fused-ring (bicyclic) bond motifs is 1. The molecule has 26 heavy (non-hydrogen) atoms. The molecule has 134 valence electrons. The minimum Gasteiger partial charge on any atom is -0.380 e. The van der Waals surface area contributed by atoms with E-state index in [1.54, 1.807) is 6.07 Å². The number of aromatic nitrogens is 4. The Morgan fingerprint density at radius 1 is 1.31 bits per heavy atom. The molecule has 0 aliphatic heterocycles. The summed E-state index contributed by atoms with van der Waals surface area (Å²) in [5.74, 6) is 1.29. The van der Waals surface area contributed by atoms with Crippen LogP contribution in [0, 0.1) is 11.3 Å². The molecule has 3 aromatic rings. The minimum absolute atomic E-state index is 0.282. The summed E-state index contributed by atoms with van der Waals surface area (Å²) in [6, 6.07) is 9.47. The molecule has 0 aliphatic carbocycles. The zero-order chi connectivity index (χ0) is 18.7. The molecule has 0 spiro atoms. The highest BCUT2D eigenvalue weighted by molar-refractivity contribution is 5.87. The van der Waals surface area contributed by atoms with Gasteiger partial charge in [0.25, 0.3) is 0 Å². The Morgan fingerprint density at radius 2 is 2.08 bits per heavy atom. The van der Waals surface area contributed by atoms with E-state index in [-0.39, 0.29) is 6.04 Å². The summed E-state index contributed by atoms with van der Waals surface area (Å²) < 4.78 is 2.05. The number of nitrogen functional groups attached to an aromatic ring is 1. The summed E-state index contributed by atoms with van der Waals surface area (Å²) >= 11 is 0. The van der Waals surface area contributed by atoms with Crippen molar-refractivity contribution in [2.45, 2.75) is 32.2 Å². The van der Waals surface area contributed by atoms with E-state index in [9.17, 15) is 5.26 Å². The first-order chi connectivity index (χ1) is 12.6. The first kappa shape index (κ1) is 17.8. The van der Waals surface area contributed by atoms with Crippen LogP contribution < -0.4 is 11.1 Å². The van der Waals surface area contributed by atoms with Crippen LogP contribution in [0.2, 0.25) is 0 Å². The number of rotatable bonds is 6. The van der Waals surface area contributed by atoms with Crippen molar-refractivity contribution < 1.29 is 0 Å². The molecule has 2 aromatic heterocycles. The molecule has 1 unspecified atom stereocenters. The predicted molar refractivity (Wildman–Crippen MR) is 101 cm³/mol. The first-order valence-corrected chi connectivity index (χ1v) is 8.76. The molecule has 7 heteroatoms. The van der Waals surface area contributed by atoms with Gasteiger partial charge in [0.2, 0.25) is 0 Å². The van der Waals surface area contributed by atoms with Gasteiger partial charge in [0.15, 0.2) is 5.82 Å². The summed E-state index contributed by atoms with van der Waals surface area (Å²) in [5, 5.41) is 21.2. The lowest BCUT2D eigenvalue weighted by Crippen LogP contribution is -2.22. The molecular formula is C19H23N7. The molecule has 1 aromatic carbocycles. The van der Waals surface area contributed by atoms with E-state index >= 15 is 0 Å². The molecule has 3 N–H and O–H groups in total. The monoisotopic (exact) mass is 349 g/mol. The number of nitrogens with two attached hydrogens (primary N) is 1. The third kappa shape index (κ3) is 3.00. The van der Waals surface area contributed by atoms with E-state index in [0.717, 1.165) is 41.9 Å². The lowest BCUT2D eigenvalue weighted by molar-refractivity contribution is 0.656. The van der Waals surface area contributed by atoms with Crippen LogP contribution in [0.5, 0.6) is 0 Å². The van der Waals surface area contributed by atoms with Crippen LogP contribution in [0.4, 0.5) is 5.82 Å². The van der Waals surface area contributed by atoms with Gasteiger partial charge in [-0.1, -0.05) is 31.5 Å². The lowest BCUT2D eigenvalue weighted by atomic mass is 9.97. The van der Waals surface area contributed by atoms with Crippen LogP contribution in [0.25, 0.3) is 11.0 Å². The Morgan fingerprint density at radius 3 is 2.77 bits per heavy atom. The standard InChI is InChI=1S/C19H23N7/c1-4-5-10-14-23-17-18(26(14)3)16(24-25-19(17)21)15(22-2)13-9-7-6-8-12(13)11-20/h6-9,15,22H,4-5,10H2,1-3H3,(H2,21,25). The minimum atomic E-state index is -0.282. The number of unbranched alkanes of at least 4 members (excludes halogenated alkanes) is 1. The molecule has 0 radical (unpaired) electrons. The average molecular weight is 349 g/mol.